The lowest BCUT2D eigenvalue weighted by molar-refractivity contribution is -0.146. The summed E-state index contributed by atoms with van der Waals surface area (Å²) in [5, 5.41) is 17.2. The molecule has 0 amide bonds. The van der Waals surface area contributed by atoms with E-state index in [4.69, 9.17) is 10.2 Å². The van der Waals surface area contributed by atoms with Gasteiger partial charge in [0.2, 0.25) is 0 Å². The second-order valence-corrected chi connectivity index (χ2v) is 2.78. The van der Waals surface area contributed by atoms with Crippen molar-refractivity contribution in [3.8, 4) is 0 Å². The smallest absolute Gasteiger partial charge is 0.332 e. The SMILES string of the molecule is C=CCCC/C=C/CC(O)C(=O)O. The summed E-state index contributed by atoms with van der Waals surface area (Å²) in [5.41, 5.74) is 0. The molecule has 3 nitrogen and oxygen atoms in total. The third-order valence-corrected chi connectivity index (χ3v) is 1.59. The van der Waals surface area contributed by atoms with Gasteiger partial charge in [0.05, 0.1) is 0 Å². The van der Waals surface area contributed by atoms with Gasteiger partial charge in [-0.3, -0.25) is 0 Å². The van der Waals surface area contributed by atoms with Gasteiger partial charge < -0.3 is 10.2 Å². The Balaban J connectivity index is 3.40. The molecule has 0 rings (SSSR count). The number of hydrogen-bond acceptors (Lipinski definition) is 2. The molecule has 3 heteroatoms. The third kappa shape index (κ3) is 7.28. The van der Waals surface area contributed by atoms with Crippen molar-refractivity contribution in [1.82, 2.24) is 0 Å². The maximum atomic E-state index is 10.2. The number of aliphatic hydroxyl groups excluding tert-OH is 1. The van der Waals surface area contributed by atoms with Gasteiger partial charge in [-0.2, -0.15) is 0 Å². The Bertz CT molecular complexity index is 185. The predicted octanol–water partition coefficient (Wildman–Crippen LogP) is 1.73. The minimum absolute atomic E-state index is 0.184. The van der Waals surface area contributed by atoms with Gasteiger partial charge in [0.15, 0.2) is 6.10 Å². The Labute approximate surface area is 78.4 Å². The van der Waals surface area contributed by atoms with E-state index < -0.39 is 12.1 Å². The van der Waals surface area contributed by atoms with Crippen molar-refractivity contribution in [2.45, 2.75) is 31.8 Å². The molecular formula is C10H16O3. The van der Waals surface area contributed by atoms with Crippen molar-refractivity contribution < 1.29 is 15.0 Å². The Morgan fingerprint density at radius 1 is 1.38 bits per heavy atom. The lowest BCUT2D eigenvalue weighted by Gasteiger charge is -1.98. The minimum Gasteiger partial charge on any atom is -0.479 e. The number of aliphatic hydroxyl groups is 1. The van der Waals surface area contributed by atoms with E-state index in [9.17, 15) is 4.79 Å². The molecule has 0 radical (unpaired) electrons. The van der Waals surface area contributed by atoms with E-state index in [1.165, 1.54) is 0 Å². The summed E-state index contributed by atoms with van der Waals surface area (Å²) in [6.45, 7) is 3.59. The van der Waals surface area contributed by atoms with Crippen LogP contribution in [0.2, 0.25) is 0 Å². The normalized spacial score (nSPS) is 13.0. The zero-order valence-corrected chi connectivity index (χ0v) is 7.65. The van der Waals surface area contributed by atoms with Crippen LogP contribution >= 0.6 is 0 Å². The van der Waals surface area contributed by atoms with Crippen LogP contribution in [0.1, 0.15) is 25.7 Å². The zero-order valence-electron chi connectivity index (χ0n) is 7.65. The van der Waals surface area contributed by atoms with Crippen molar-refractivity contribution in [2.75, 3.05) is 0 Å². The molecule has 1 unspecified atom stereocenters. The van der Waals surface area contributed by atoms with E-state index in [1.807, 2.05) is 12.2 Å². The number of unbranched alkanes of at least 4 members (excludes halogenated alkanes) is 2. The van der Waals surface area contributed by atoms with Gasteiger partial charge >= 0.3 is 5.97 Å². The van der Waals surface area contributed by atoms with Gasteiger partial charge in [-0.1, -0.05) is 18.2 Å². The molecule has 0 aliphatic heterocycles. The molecule has 0 aliphatic rings. The third-order valence-electron chi connectivity index (χ3n) is 1.59. The number of rotatable bonds is 7. The lowest BCUT2D eigenvalue weighted by Crippen LogP contribution is -2.17. The van der Waals surface area contributed by atoms with Crippen LogP contribution in [0.25, 0.3) is 0 Å². The molecule has 0 fully saturated rings. The molecule has 0 aromatic heterocycles. The van der Waals surface area contributed by atoms with Crippen LogP contribution in [-0.4, -0.2) is 22.3 Å². The van der Waals surface area contributed by atoms with Crippen LogP contribution < -0.4 is 0 Å². The zero-order chi connectivity index (χ0) is 10.1. The quantitative estimate of drug-likeness (QED) is 0.468. The number of allylic oxidation sites excluding steroid dienone is 2. The largest absolute Gasteiger partial charge is 0.479 e. The molecule has 1 atom stereocenters. The number of carbonyl (C=O) groups is 1. The monoisotopic (exact) mass is 184 g/mol. The van der Waals surface area contributed by atoms with Crippen LogP contribution in [-0.2, 0) is 4.79 Å². The first kappa shape index (κ1) is 11.9. The molecule has 0 aromatic carbocycles. The Hall–Kier alpha value is -1.09. The maximum absolute atomic E-state index is 10.2. The van der Waals surface area contributed by atoms with E-state index in [-0.39, 0.29) is 6.42 Å². The van der Waals surface area contributed by atoms with E-state index in [1.54, 1.807) is 6.08 Å². The van der Waals surface area contributed by atoms with Crippen molar-refractivity contribution in [2.24, 2.45) is 0 Å². The van der Waals surface area contributed by atoms with Gasteiger partial charge in [0.1, 0.15) is 0 Å². The van der Waals surface area contributed by atoms with Gasteiger partial charge in [0, 0.05) is 6.42 Å². The fraction of sp³-hybridized carbons (Fsp3) is 0.500. The highest BCUT2D eigenvalue weighted by Crippen LogP contribution is 1.99. The highest BCUT2D eigenvalue weighted by molar-refractivity contribution is 5.72. The van der Waals surface area contributed by atoms with E-state index in [0.717, 1.165) is 19.3 Å². The fourth-order valence-corrected chi connectivity index (χ4v) is 0.824. The number of hydrogen-bond donors (Lipinski definition) is 2. The predicted molar refractivity (Wildman–Crippen MR) is 51.4 cm³/mol. The molecule has 2 N–H and O–H groups in total. The van der Waals surface area contributed by atoms with Crippen molar-refractivity contribution >= 4 is 5.97 Å². The average Bonchev–Trinajstić information content (AvgIpc) is 2.10. The topological polar surface area (TPSA) is 57.5 Å². The van der Waals surface area contributed by atoms with Crippen LogP contribution in [0.3, 0.4) is 0 Å². The molecule has 0 bridgehead atoms. The average molecular weight is 184 g/mol. The number of aliphatic carboxylic acids is 1. The Morgan fingerprint density at radius 3 is 2.62 bits per heavy atom. The van der Waals surface area contributed by atoms with Crippen molar-refractivity contribution in [1.29, 1.82) is 0 Å². The Morgan fingerprint density at radius 2 is 2.08 bits per heavy atom. The highest BCUT2D eigenvalue weighted by atomic mass is 16.4. The molecular weight excluding hydrogens is 168 g/mol. The van der Waals surface area contributed by atoms with Gasteiger partial charge in [0.25, 0.3) is 0 Å². The second-order valence-electron chi connectivity index (χ2n) is 2.78. The highest BCUT2D eigenvalue weighted by Gasteiger charge is 2.09. The summed E-state index contributed by atoms with van der Waals surface area (Å²) < 4.78 is 0. The number of carboxylic acid groups (broad SMARTS) is 1. The lowest BCUT2D eigenvalue weighted by atomic mass is 10.2. The molecule has 0 saturated heterocycles. The van der Waals surface area contributed by atoms with Crippen molar-refractivity contribution in [3.05, 3.63) is 24.8 Å². The summed E-state index contributed by atoms with van der Waals surface area (Å²) in [7, 11) is 0. The van der Waals surface area contributed by atoms with Gasteiger partial charge in [-0.05, 0) is 19.3 Å². The van der Waals surface area contributed by atoms with Crippen LogP contribution in [0.15, 0.2) is 24.8 Å². The molecule has 0 spiro atoms. The number of carboxylic acids is 1. The van der Waals surface area contributed by atoms with Gasteiger partial charge in [-0.25, -0.2) is 4.79 Å². The van der Waals surface area contributed by atoms with E-state index in [2.05, 4.69) is 6.58 Å². The molecule has 0 aromatic rings. The second kappa shape index (κ2) is 7.55. The minimum atomic E-state index is -1.27. The Kier molecular flexibility index (Phi) is 6.92. The van der Waals surface area contributed by atoms with E-state index >= 15 is 0 Å². The fourth-order valence-electron chi connectivity index (χ4n) is 0.824. The molecule has 0 heterocycles. The van der Waals surface area contributed by atoms with E-state index in [0.29, 0.717) is 0 Å². The maximum Gasteiger partial charge on any atom is 0.332 e. The standard InChI is InChI=1S/C10H16O3/c1-2-3-4-5-6-7-8-9(11)10(12)13/h2,6-7,9,11H,1,3-5,8H2,(H,12,13)/b7-6+. The van der Waals surface area contributed by atoms with Crippen LogP contribution in [0, 0.1) is 0 Å². The molecule has 0 aliphatic carbocycles. The first-order chi connectivity index (χ1) is 6.18. The molecule has 74 valence electrons. The summed E-state index contributed by atoms with van der Waals surface area (Å²) in [5.74, 6) is -1.17. The van der Waals surface area contributed by atoms with Crippen LogP contribution in [0.5, 0.6) is 0 Å². The summed E-state index contributed by atoms with van der Waals surface area (Å²) in [6.07, 6.45) is 7.23. The van der Waals surface area contributed by atoms with Crippen LogP contribution in [0.4, 0.5) is 0 Å². The molecule has 13 heavy (non-hydrogen) atoms. The summed E-state index contributed by atoms with van der Waals surface area (Å²) in [6, 6.07) is 0. The summed E-state index contributed by atoms with van der Waals surface area (Å²) >= 11 is 0. The first-order valence-corrected chi connectivity index (χ1v) is 4.35. The molecule has 0 saturated carbocycles. The first-order valence-electron chi connectivity index (χ1n) is 4.35. The summed E-state index contributed by atoms with van der Waals surface area (Å²) in [4.78, 5) is 10.2. The van der Waals surface area contributed by atoms with Gasteiger partial charge in [-0.15, -0.1) is 6.58 Å². The van der Waals surface area contributed by atoms with Crippen molar-refractivity contribution in [3.63, 3.8) is 0 Å².